The van der Waals surface area contributed by atoms with Crippen molar-refractivity contribution < 1.29 is 0 Å². The molecule has 3 heteroatoms. The Labute approximate surface area is 170 Å². The van der Waals surface area contributed by atoms with Crippen molar-refractivity contribution >= 4 is 10.9 Å². The van der Waals surface area contributed by atoms with Gasteiger partial charge in [-0.05, 0) is 87.2 Å². The van der Waals surface area contributed by atoms with E-state index in [0.29, 0.717) is 5.41 Å². The Morgan fingerprint density at radius 1 is 0.964 bits per heavy atom. The molecule has 0 bridgehead atoms. The van der Waals surface area contributed by atoms with Crippen molar-refractivity contribution in [2.75, 3.05) is 19.6 Å². The summed E-state index contributed by atoms with van der Waals surface area (Å²) >= 11 is 0. The predicted molar refractivity (Wildman–Crippen MR) is 120 cm³/mol. The van der Waals surface area contributed by atoms with Crippen LogP contribution in [0, 0.1) is 12.3 Å². The number of hydrogen-bond donors (Lipinski definition) is 0. The number of nitrogens with zero attached hydrogens (tertiary/aromatic N) is 2. The van der Waals surface area contributed by atoms with E-state index in [-0.39, 0.29) is 5.56 Å². The molecule has 1 aromatic carbocycles. The summed E-state index contributed by atoms with van der Waals surface area (Å²) in [4.78, 5) is 15.2. The van der Waals surface area contributed by atoms with Gasteiger partial charge in [-0.15, -0.1) is 0 Å². The lowest BCUT2D eigenvalue weighted by molar-refractivity contribution is 0.0869. The van der Waals surface area contributed by atoms with Crippen LogP contribution >= 0.6 is 0 Å². The topological polar surface area (TPSA) is 25.2 Å². The molecule has 0 spiro atoms. The average molecular weight is 383 g/mol. The van der Waals surface area contributed by atoms with E-state index in [1.54, 1.807) is 6.07 Å². The number of aromatic nitrogens is 1. The molecular weight excluding hydrogens is 344 g/mol. The number of likely N-dealkylation sites (tertiary alicyclic amines) is 1. The lowest BCUT2D eigenvalue weighted by Gasteiger charge is -2.42. The van der Waals surface area contributed by atoms with Gasteiger partial charge in [-0.25, -0.2) is 0 Å². The maximum Gasteiger partial charge on any atom is 0.251 e. The van der Waals surface area contributed by atoms with Gasteiger partial charge in [-0.2, -0.15) is 0 Å². The molecule has 3 rings (SSSR count). The van der Waals surface area contributed by atoms with Crippen LogP contribution in [0.1, 0.15) is 70.8 Å². The monoisotopic (exact) mass is 382 g/mol. The molecule has 1 aliphatic rings. The second kappa shape index (κ2) is 9.73. The molecular formula is C25H38N2O. The summed E-state index contributed by atoms with van der Waals surface area (Å²) in [6.45, 7) is 11.4. The first-order chi connectivity index (χ1) is 13.6. The van der Waals surface area contributed by atoms with Crippen LogP contribution in [0.4, 0.5) is 0 Å². The molecule has 2 heterocycles. The van der Waals surface area contributed by atoms with Crippen molar-refractivity contribution in [1.29, 1.82) is 0 Å². The van der Waals surface area contributed by atoms with Gasteiger partial charge in [0, 0.05) is 12.6 Å². The van der Waals surface area contributed by atoms with Crippen LogP contribution in [0.5, 0.6) is 0 Å². The Kier molecular flexibility index (Phi) is 7.34. The van der Waals surface area contributed by atoms with Gasteiger partial charge in [0.1, 0.15) is 0 Å². The van der Waals surface area contributed by atoms with Gasteiger partial charge in [0.05, 0.1) is 5.52 Å². The Morgan fingerprint density at radius 3 is 2.43 bits per heavy atom. The third kappa shape index (κ3) is 5.05. The van der Waals surface area contributed by atoms with E-state index < -0.39 is 0 Å². The molecule has 2 aromatic rings. The summed E-state index contributed by atoms with van der Waals surface area (Å²) < 4.78 is 1.99. The van der Waals surface area contributed by atoms with E-state index in [2.05, 4.69) is 43.9 Å². The third-order valence-electron chi connectivity index (χ3n) is 6.98. The molecule has 154 valence electrons. The van der Waals surface area contributed by atoms with Gasteiger partial charge in [-0.3, -0.25) is 4.79 Å². The number of rotatable bonds is 9. The van der Waals surface area contributed by atoms with Crippen LogP contribution in [-0.2, 0) is 6.54 Å². The first-order valence-electron chi connectivity index (χ1n) is 11.4. The minimum absolute atomic E-state index is 0.134. The number of piperidine rings is 1. The van der Waals surface area contributed by atoms with Crippen molar-refractivity contribution in [2.24, 2.45) is 5.41 Å². The van der Waals surface area contributed by atoms with Gasteiger partial charge in [0.2, 0.25) is 0 Å². The zero-order valence-corrected chi connectivity index (χ0v) is 18.2. The normalized spacial score (nSPS) is 17.2. The highest BCUT2D eigenvalue weighted by Crippen LogP contribution is 2.39. The van der Waals surface area contributed by atoms with Gasteiger partial charge in [0.15, 0.2) is 0 Å². The summed E-state index contributed by atoms with van der Waals surface area (Å²) in [7, 11) is 0. The summed E-state index contributed by atoms with van der Waals surface area (Å²) in [6.07, 6.45) is 10.2. The SMILES string of the molecule is CCCCCN1CCC(CC)(CCCn2c(=O)ccc3ccc(C)cc32)CC1. The minimum Gasteiger partial charge on any atom is -0.308 e. The van der Waals surface area contributed by atoms with Crippen LogP contribution in [-0.4, -0.2) is 29.1 Å². The zero-order valence-electron chi connectivity index (χ0n) is 18.2. The van der Waals surface area contributed by atoms with Gasteiger partial charge in [0.25, 0.3) is 5.56 Å². The molecule has 0 radical (unpaired) electrons. The fourth-order valence-electron chi connectivity index (χ4n) is 4.86. The van der Waals surface area contributed by atoms with E-state index in [1.165, 1.54) is 70.1 Å². The Hall–Kier alpha value is -1.61. The van der Waals surface area contributed by atoms with E-state index in [0.717, 1.165) is 23.9 Å². The molecule has 0 unspecified atom stereocenters. The fraction of sp³-hybridized carbons (Fsp3) is 0.640. The summed E-state index contributed by atoms with van der Waals surface area (Å²) in [5.41, 5.74) is 2.91. The largest absolute Gasteiger partial charge is 0.308 e. The molecule has 28 heavy (non-hydrogen) atoms. The lowest BCUT2D eigenvalue weighted by Crippen LogP contribution is -2.40. The maximum absolute atomic E-state index is 12.5. The van der Waals surface area contributed by atoms with Crippen LogP contribution < -0.4 is 5.56 Å². The third-order valence-corrected chi connectivity index (χ3v) is 6.98. The molecule has 0 N–H and O–H groups in total. The lowest BCUT2D eigenvalue weighted by atomic mass is 9.73. The molecule has 1 aromatic heterocycles. The molecule has 3 nitrogen and oxygen atoms in total. The van der Waals surface area contributed by atoms with Crippen LogP contribution in [0.2, 0.25) is 0 Å². The molecule has 1 aliphatic heterocycles. The van der Waals surface area contributed by atoms with Crippen LogP contribution in [0.15, 0.2) is 35.1 Å². The zero-order chi connectivity index (χ0) is 20.0. The van der Waals surface area contributed by atoms with Crippen molar-refractivity contribution in [3.8, 4) is 0 Å². The predicted octanol–water partition coefficient (Wildman–Crippen LogP) is 5.77. The summed E-state index contributed by atoms with van der Waals surface area (Å²) in [5, 5.41) is 1.16. The molecule has 0 atom stereocenters. The van der Waals surface area contributed by atoms with Crippen molar-refractivity contribution in [3.63, 3.8) is 0 Å². The first-order valence-corrected chi connectivity index (χ1v) is 11.4. The first kappa shape index (κ1) is 21.1. The number of hydrogen-bond acceptors (Lipinski definition) is 2. The Morgan fingerprint density at radius 2 is 1.71 bits per heavy atom. The second-order valence-electron chi connectivity index (χ2n) is 8.89. The highest BCUT2D eigenvalue weighted by atomic mass is 16.1. The van der Waals surface area contributed by atoms with Crippen LogP contribution in [0.3, 0.4) is 0 Å². The molecule has 1 fully saturated rings. The molecule has 0 amide bonds. The quantitative estimate of drug-likeness (QED) is 0.514. The van der Waals surface area contributed by atoms with Crippen LogP contribution in [0.25, 0.3) is 10.9 Å². The van der Waals surface area contributed by atoms with Crippen molar-refractivity contribution in [2.45, 2.75) is 78.7 Å². The fourth-order valence-corrected chi connectivity index (χ4v) is 4.86. The van der Waals surface area contributed by atoms with E-state index in [4.69, 9.17) is 0 Å². The van der Waals surface area contributed by atoms with E-state index in [1.807, 2.05) is 10.6 Å². The number of aryl methyl sites for hydroxylation is 2. The number of fused-ring (bicyclic) bond motifs is 1. The van der Waals surface area contributed by atoms with Crippen molar-refractivity contribution in [3.05, 3.63) is 46.2 Å². The smallest absolute Gasteiger partial charge is 0.251 e. The molecule has 0 saturated carbocycles. The minimum atomic E-state index is 0.134. The molecule has 1 saturated heterocycles. The number of unbranched alkanes of at least 4 members (excludes halogenated alkanes) is 2. The van der Waals surface area contributed by atoms with Gasteiger partial charge >= 0.3 is 0 Å². The summed E-state index contributed by atoms with van der Waals surface area (Å²) in [6, 6.07) is 10.1. The Balaban J connectivity index is 1.60. The van der Waals surface area contributed by atoms with Gasteiger partial charge in [-0.1, -0.05) is 45.2 Å². The molecule has 0 aliphatic carbocycles. The average Bonchev–Trinajstić information content (AvgIpc) is 2.71. The second-order valence-corrected chi connectivity index (χ2v) is 8.89. The van der Waals surface area contributed by atoms with Crippen molar-refractivity contribution in [1.82, 2.24) is 9.47 Å². The van der Waals surface area contributed by atoms with E-state index >= 15 is 0 Å². The standard InChI is InChI=1S/C25H38N2O/c1-4-6-7-16-26-18-14-25(5-2,15-19-26)13-8-17-27-23-20-21(3)9-10-22(23)11-12-24(27)28/h9-12,20H,4-8,13-19H2,1-3H3. The van der Waals surface area contributed by atoms with E-state index in [9.17, 15) is 4.79 Å². The number of pyridine rings is 1. The van der Waals surface area contributed by atoms with Gasteiger partial charge < -0.3 is 9.47 Å². The summed E-state index contributed by atoms with van der Waals surface area (Å²) in [5.74, 6) is 0. The maximum atomic E-state index is 12.5. The highest BCUT2D eigenvalue weighted by molar-refractivity contribution is 5.79. The Bertz CT molecular complexity index is 815. The number of benzene rings is 1. The highest BCUT2D eigenvalue weighted by Gasteiger charge is 2.32.